The predicted octanol–water partition coefficient (Wildman–Crippen LogP) is 3.00. The molecule has 0 saturated heterocycles. The highest BCUT2D eigenvalue weighted by molar-refractivity contribution is 9.09. The van der Waals surface area contributed by atoms with Gasteiger partial charge in [-0.05, 0) is 20.8 Å². The van der Waals surface area contributed by atoms with Crippen LogP contribution < -0.4 is 0 Å². The lowest BCUT2D eigenvalue weighted by atomic mass is 10.2. The molecule has 0 unspecified atom stereocenters. The number of amides is 1. The zero-order valence-corrected chi connectivity index (χ0v) is 14.7. The summed E-state index contributed by atoms with van der Waals surface area (Å²) >= 11 is 3.21. The minimum atomic E-state index is -3.83. The first-order chi connectivity index (χ1) is 9.68. The van der Waals surface area contributed by atoms with E-state index in [9.17, 15) is 13.2 Å². The summed E-state index contributed by atoms with van der Waals surface area (Å²) in [7, 11) is -3.83. The maximum absolute atomic E-state index is 12.5. The van der Waals surface area contributed by atoms with E-state index in [1.807, 2.05) is 0 Å². The summed E-state index contributed by atoms with van der Waals surface area (Å²) < 4.78 is 31.0. The molecule has 0 aromatic heterocycles. The fourth-order valence-corrected chi connectivity index (χ4v) is 3.26. The molecule has 1 amide bonds. The Labute approximate surface area is 134 Å². The minimum Gasteiger partial charge on any atom is -0.443 e. The third-order valence-corrected chi connectivity index (χ3v) is 4.78. The van der Waals surface area contributed by atoms with Crippen molar-refractivity contribution in [2.24, 2.45) is 0 Å². The van der Waals surface area contributed by atoms with Gasteiger partial charge in [0.1, 0.15) is 10.9 Å². The van der Waals surface area contributed by atoms with Crippen molar-refractivity contribution in [3.63, 3.8) is 0 Å². The number of halogens is 1. The zero-order chi connectivity index (χ0) is 16.1. The van der Waals surface area contributed by atoms with Crippen LogP contribution in [0.15, 0.2) is 36.5 Å². The van der Waals surface area contributed by atoms with Crippen LogP contribution in [0.5, 0.6) is 0 Å². The highest BCUT2D eigenvalue weighted by Gasteiger charge is 2.35. The summed E-state index contributed by atoms with van der Waals surface area (Å²) in [5, 5.41) is -0.249. The normalized spacial score (nSPS) is 15.8. The van der Waals surface area contributed by atoms with Gasteiger partial charge in [-0.25, -0.2) is 13.2 Å². The van der Waals surface area contributed by atoms with Gasteiger partial charge in [0.15, 0.2) is 0 Å². The second kappa shape index (κ2) is 7.26. The van der Waals surface area contributed by atoms with Crippen molar-refractivity contribution in [3.8, 4) is 0 Å². The third kappa shape index (κ3) is 5.32. The Bertz CT molecular complexity index is 546. The molecule has 1 rings (SSSR count). The van der Waals surface area contributed by atoms with Crippen LogP contribution in [-0.4, -0.2) is 41.5 Å². The van der Waals surface area contributed by atoms with Crippen LogP contribution in [-0.2, 0) is 14.8 Å². The fraction of sp³-hybridized carbons (Fsp3) is 0.500. The van der Waals surface area contributed by atoms with Gasteiger partial charge in [-0.3, -0.25) is 0 Å². The van der Waals surface area contributed by atoms with Gasteiger partial charge in [0.05, 0.1) is 6.54 Å². The summed E-state index contributed by atoms with van der Waals surface area (Å²) in [6.07, 6.45) is 8.82. The van der Waals surface area contributed by atoms with E-state index in [0.29, 0.717) is 5.33 Å². The average Bonchev–Trinajstić information content (AvgIpc) is 2.86. The Kier molecular flexibility index (Phi) is 6.22. The van der Waals surface area contributed by atoms with Crippen molar-refractivity contribution >= 4 is 32.0 Å². The van der Waals surface area contributed by atoms with Gasteiger partial charge in [0.25, 0.3) is 0 Å². The first kappa shape index (κ1) is 18.0. The van der Waals surface area contributed by atoms with E-state index >= 15 is 0 Å². The summed E-state index contributed by atoms with van der Waals surface area (Å²) in [4.78, 5) is 12.2. The van der Waals surface area contributed by atoms with Gasteiger partial charge >= 0.3 is 6.09 Å². The van der Waals surface area contributed by atoms with Crippen LogP contribution in [0.25, 0.3) is 0 Å². The van der Waals surface area contributed by atoms with Crippen LogP contribution >= 0.6 is 15.9 Å². The molecule has 0 aromatic carbocycles. The van der Waals surface area contributed by atoms with E-state index in [1.54, 1.807) is 45.1 Å². The van der Waals surface area contributed by atoms with E-state index in [0.717, 1.165) is 4.31 Å². The van der Waals surface area contributed by atoms with Crippen LogP contribution in [0.4, 0.5) is 4.79 Å². The Morgan fingerprint density at radius 3 is 2.33 bits per heavy atom. The van der Waals surface area contributed by atoms with Crippen LogP contribution in [0.2, 0.25) is 0 Å². The van der Waals surface area contributed by atoms with Crippen LogP contribution in [0.3, 0.4) is 0 Å². The summed E-state index contributed by atoms with van der Waals surface area (Å²) in [5.74, 6) is 0. The number of hydrogen-bond donors (Lipinski definition) is 0. The molecule has 0 heterocycles. The van der Waals surface area contributed by atoms with Gasteiger partial charge in [0, 0.05) is 5.33 Å². The number of alkyl halides is 1. The molecule has 0 bridgehead atoms. The Morgan fingerprint density at radius 2 is 1.86 bits per heavy atom. The highest BCUT2D eigenvalue weighted by Crippen LogP contribution is 2.19. The number of rotatable bonds is 5. The summed E-state index contributed by atoms with van der Waals surface area (Å²) in [5.41, 5.74) is -0.759. The van der Waals surface area contributed by atoms with Gasteiger partial charge < -0.3 is 4.74 Å². The van der Waals surface area contributed by atoms with Crippen LogP contribution in [0, 0.1) is 0 Å². The molecule has 0 N–H and O–H groups in total. The SMILES string of the molecule is CC(C)(C)OC(=O)N(C/C=C/CBr)S(=O)(=O)C1C=CC=C1. The molecule has 0 radical (unpaired) electrons. The van der Waals surface area contributed by atoms with Gasteiger partial charge in [-0.1, -0.05) is 52.4 Å². The Morgan fingerprint density at radius 1 is 1.29 bits per heavy atom. The molecule has 1 aliphatic rings. The molecule has 1 aliphatic carbocycles. The number of carbonyl (C=O) groups is 1. The molecule has 0 spiro atoms. The molecular formula is C14H20BrNO4S. The van der Waals surface area contributed by atoms with Crippen molar-refractivity contribution in [1.82, 2.24) is 4.31 Å². The first-order valence-corrected chi connectivity index (χ1v) is 9.11. The van der Waals surface area contributed by atoms with Crippen molar-refractivity contribution in [2.75, 3.05) is 11.9 Å². The summed E-state index contributed by atoms with van der Waals surface area (Å²) in [6.45, 7) is 5.03. The van der Waals surface area contributed by atoms with E-state index in [1.165, 1.54) is 12.2 Å². The lowest BCUT2D eigenvalue weighted by Crippen LogP contribution is -2.44. The maximum atomic E-state index is 12.5. The van der Waals surface area contributed by atoms with Crippen molar-refractivity contribution in [3.05, 3.63) is 36.5 Å². The molecule has 0 atom stereocenters. The molecule has 21 heavy (non-hydrogen) atoms. The van der Waals surface area contributed by atoms with Crippen molar-refractivity contribution < 1.29 is 17.9 Å². The topological polar surface area (TPSA) is 63.7 Å². The van der Waals surface area contributed by atoms with E-state index in [-0.39, 0.29) is 6.54 Å². The number of nitrogens with zero attached hydrogens (tertiary/aromatic N) is 1. The van der Waals surface area contributed by atoms with Crippen molar-refractivity contribution in [1.29, 1.82) is 0 Å². The lowest BCUT2D eigenvalue weighted by molar-refractivity contribution is 0.0404. The zero-order valence-electron chi connectivity index (χ0n) is 12.3. The first-order valence-electron chi connectivity index (χ1n) is 6.49. The number of hydrogen-bond acceptors (Lipinski definition) is 4. The Hall–Kier alpha value is -1.08. The minimum absolute atomic E-state index is 0.0545. The van der Waals surface area contributed by atoms with Gasteiger partial charge in [-0.2, -0.15) is 4.31 Å². The highest BCUT2D eigenvalue weighted by atomic mass is 79.9. The van der Waals surface area contributed by atoms with Gasteiger partial charge in [0.2, 0.25) is 10.0 Å². The summed E-state index contributed by atoms with van der Waals surface area (Å²) in [6, 6.07) is 0. The fourth-order valence-electron chi connectivity index (χ4n) is 1.59. The van der Waals surface area contributed by atoms with E-state index in [4.69, 9.17) is 4.74 Å². The van der Waals surface area contributed by atoms with E-state index < -0.39 is 27.0 Å². The molecule has 5 nitrogen and oxygen atoms in total. The molecular weight excluding hydrogens is 358 g/mol. The second-order valence-corrected chi connectivity index (χ2v) is 8.08. The number of ether oxygens (including phenoxy) is 1. The molecule has 0 aromatic rings. The monoisotopic (exact) mass is 377 g/mol. The predicted molar refractivity (Wildman–Crippen MR) is 86.9 cm³/mol. The lowest BCUT2D eigenvalue weighted by Gasteiger charge is -2.27. The molecule has 0 aliphatic heterocycles. The second-order valence-electron chi connectivity index (χ2n) is 5.42. The number of carbonyl (C=O) groups excluding carboxylic acids is 1. The molecule has 0 saturated carbocycles. The van der Waals surface area contributed by atoms with Gasteiger partial charge in [-0.15, -0.1) is 0 Å². The van der Waals surface area contributed by atoms with Crippen molar-refractivity contribution in [2.45, 2.75) is 31.6 Å². The van der Waals surface area contributed by atoms with E-state index in [2.05, 4.69) is 15.9 Å². The number of allylic oxidation sites excluding steroid dienone is 3. The smallest absolute Gasteiger partial charge is 0.424 e. The Balaban J connectivity index is 3.01. The molecule has 0 fully saturated rings. The standard InChI is InChI=1S/C14H20BrNO4S/c1-14(2,3)20-13(17)16(11-7-6-10-15)21(18,19)12-8-4-5-9-12/h4-9,12H,10-11H2,1-3H3/b7-6+. The number of sulfonamides is 1. The van der Waals surface area contributed by atoms with Crippen LogP contribution in [0.1, 0.15) is 20.8 Å². The molecule has 118 valence electrons. The third-order valence-electron chi connectivity index (χ3n) is 2.49. The maximum Gasteiger partial charge on any atom is 0.424 e. The quantitative estimate of drug-likeness (QED) is 0.545. The largest absolute Gasteiger partial charge is 0.443 e. The average molecular weight is 378 g/mol. The molecule has 7 heteroatoms.